The lowest BCUT2D eigenvalue weighted by Gasteiger charge is -2.49. The fourth-order valence-electron chi connectivity index (χ4n) is 6.69. The maximum Gasteiger partial charge on any atom is 0.309 e. The summed E-state index contributed by atoms with van der Waals surface area (Å²) in [6.07, 6.45) is 0.637. The van der Waals surface area contributed by atoms with Gasteiger partial charge in [-0.2, -0.15) is 0 Å². The Balaban J connectivity index is 1.85. The minimum absolute atomic E-state index is 0.0180. The monoisotopic (exact) mass is 410 g/mol. The zero-order valence-corrected chi connectivity index (χ0v) is 18.0. The van der Waals surface area contributed by atoms with Crippen LogP contribution in [0.3, 0.4) is 0 Å². The van der Waals surface area contributed by atoms with Gasteiger partial charge in [0.1, 0.15) is 17.3 Å². The lowest BCUT2D eigenvalue weighted by atomic mass is 9.57. The number of aliphatic hydroxyl groups is 2. The van der Waals surface area contributed by atoms with Gasteiger partial charge < -0.3 is 24.4 Å². The third-order valence-electron chi connectivity index (χ3n) is 8.23. The molecule has 0 amide bonds. The number of hydrogen-bond acceptors (Lipinski definition) is 7. The quantitative estimate of drug-likeness (QED) is 0.637. The summed E-state index contributed by atoms with van der Waals surface area (Å²) >= 11 is 0. The van der Waals surface area contributed by atoms with Gasteiger partial charge in [0.05, 0.1) is 23.7 Å². The van der Waals surface area contributed by atoms with Gasteiger partial charge in [-0.25, -0.2) is 0 Å². The minimum Gasteiger partial charge on any atom is -0.459 e. The Morgan fingerprint density at radius 1 is 1.21 bits per heavy atom. The smallest absolute Gasteiger partial charge is 0.309 e. The van der Waals surface area contributed by atoms with E-state index in [-0.39, 0.29) is 48.1 Å². The third-order valence-corrected chi connectivity index (χ3v) is 8.23. The summed E-state index contributed by atoms with van der Waals surface area (Å²) in [7, 11) is 0. The second-order valence-corrected chi connectivity index (χ2v) is 10.4. The highest BCUT2D eigenvalue weighted by atomic mass is 16.6. The van der Waals surface area contributed by atoms with Gasteiger partial charge in [-0.1, -0.05) is 6.92 Å². The second-order valence-electron chi connectivity index (χ2n) is 10.4. The molecule has 10 atom stereocenters. The first-order valence-corrected chi connectivity index (χ1v) is 10.9. The van der Waals surface area contributed by atoms with Gasteiger partial charge in [-0.15, -0.1) is 0 Å². The normalized spacial score (nSPS) is 54.4. The molecule has 3 saturated heterocycles. The molecular weight excluding hydrogens is 376 g/mol. The van der Waals surface area contributed by atoms with Gasteiger partial charge >= 0.3 is 11.9 Å². The van der Waals surface area contributed by atoms with E-state index in [1.807, 2.05) is 20.8 Å². The molecular formula is C22H34O7. The molecule has 0 unspecified atom stereocenters. The van der Waals surface area contributed by atoms with Crippen molar-refractivity contribution in [3.05, 3.63) is 0 Å². The molecule has 0 spiro atoms. The van der Waals surface area contributed by atoms with E-state index in [9.17, 15) is 19.8 Å². The molecule has 7 heteroatoms. The zero-order valence-electron chi connectivity index (χ0n) is 18.0. The van der Waals surface area contributed by atoms with Gasteiger partial charge in [-0.3, -0.25) is 9.59 Å². The summed E-state index contributed by atoms with van der Waals surface area (Å²) in [6, 6.07) is 0. The molecule has 3 heterocycles. The summed E-state index contributed by atoms with van der Waals surface area (Å²) in [6.45, 7) is 8.79. The zero-order chi connectivity index (χ0) is 21.4. The predicted molar refractivity (Wildman–Crippen MR) is 103 cm³/mol. The van der Waals surface area contributed by atoms with Gasteiger partial charge in [0, 0.05) is 25.2 Å². The van der Waals surface area contributed by atoms with E-state index in [2.05, 4.69) is 0 Å². The molecule has 2 bridgehead atoms. The van der Waals surface area contributed by atoms with E-state index in [0.717, 1.165) is 6.42 Å². The number of ether oxygens (including phenoxy) is 3. The van der Waals surface area contributed by atoms with E-state index in [1.165, 1.54) is 6.92 Å². The largest absolute Gasteiger partial charge is 0.459 e. The number of carbonyl (C=O) groups excluding carboxylic acids is 2. The van der Waals surface area contributed by atoms with Crippen LogP contribution in [-0.2, 0) is 23.8 Å². The first kappa shape index (κ1) is 21.1. The molecule has 0 aromatic carbocycles. The topological polar surface area (TPSA) is 102 Å². The number of aliphatic hydroxyl groups excluding tert-OH is 1. The lowest BCUT2D eigenvalue weighted by molar-refractivity contribution is -0.182. The van der Waals surface area contributed by atoms with Crippen LogP contribution in [0.4, 0.5) is 0 Å². The van der Waals surface area contributed by atoms with Crippen LogP contribution in [-0.4, -0.2) is 57.3 Å². The van der Waals surface area contributed by atoms with Crippen LogP contribution in [0, 0.1) is 23.7 Å². The van der Waals surface area contributed by atoms with E-state index < -0.39 is 29.0 Å². The highest BCUT2D eigenvalue weighted by molar-refractivity contribution is 5.73. The highest BCUT2D eigenvalue weighted by Gasteiger charge is 2.67. The molecule has 7 nitrogen and oxygen atoms in total. The van der Waals surface area contributed by atoms with Crippen molar-refractivity contribution in [2.75, 3.05) is 0 Å². The first-order chi connectivity index (χ1) is 13.4. The molecule has 0 radical (unpaired) electrons. The summed E-state index contributed by atoms with van der Waals surface area (Å²) in [5.41, 5.74) is -2.99. The molecule has 4 fully saturated rings. The Hall–Kier alpha value is -1.18. The maximum atomic E-state index is 12.9. The molecule has 2 N–H and O–H groups in total. The summed E-state index contributed by atoms with van der Waals surface area (Å²) < 4.78 is 18.4. The molecule has 0 aromatic heterocycles. The Kier molecular flexibility index (Phi) is 4.84. The van der Waals surface area contributed by atoms with Crippen molar-refractivity contribution in [3.63, 3.8) is 0 Å². The van der Waals surface area contributed by atoms with Crippen LogP contribution in [0.1, 0.15) is 66.7 Å². The van der Waals surface area contributed by atoms with Crippen LogP contribution in [0.2, 0.25) is 0 Å². The molecule has 29 heavy (non-hydrogen) atoms. The molecule has 1 saturated carbocycles. The second kappa shape index (κ2) is 6.66. The molecule has 3 aliphatic heterocycles. The Labute approximate surface area is 172 Å². The maximum absolute atomic E-state index is 12.9. The summed E-state index contributed by atoms with van der Waals surface area (Å²) in [5, 5.41) is 21.7. The van der Waals surface area contributed by atoms with Crippen LogP contribution in [0.5, 0.6) is 0 Å². The van der Waals surface area contributed by atoms with Gasteiger partial charge in [0.15, 0.2) is 0 Å². The van der Waals surface area contributed by atoms with Crippen molar-refractivity contribution in [3.8, 4) is 0 Å². The van der Waals surface area contributed by atoms with Crippen LogP contribution in [0.25, 0.3) is 0 Å². The van der Waals surface area contributed by atoms with Gasteiger partial charge in [0.25, 0.3) is 0 Å². The number of carbonyl (C=O) groups is 2. The molecule has 1 aliphatic carbocycles. The highest BCUT2D eigenvalue weighted by Crippen LogP contribution is 2.59. The number of rotatable bonds is 1. The number of esters is 2. The van der Waals surface area contributed by atoms with E-state index in [4.69, 9.17) is 14.2 Å². The van der Waals surface area contributed by atoms with Crippen molar-refractivity contribution >= 4 is 11.9 Å². The van der Waals surface area contributed by atoms with Crippen molar-refractivity contribution in [2.24, 2.45) is 23.7 Å². The molecule has 4 rings (SSSR count). The van der Waals surface area contributed by atoms with Crippen LogP contribution in [0.15, 0.2) is 0 Å². The molecule has 164 valence electrons. The lowest BCUT2D eigenvalue weighted by Crippen LogP contribution is -2.56. The van der Waals surface area contributed by atoms with E-state index in [0.29, 0.717) is 19.3 Å². The Bertz CT molecular complexity index is 705. The van der Waals surface area contributed by atoms with Crippen LogP contribution < -0.4 is 0 Å². The van der Waals surface area contributed by atoms with Crippen molar-refractivity contribution in [2.45, 2.75) is 102 Å². The average molecular weight is 411 g/mol. The third kappa shape index (κ3) is 3.20. The standard InChI is InChI=1S/C22H34O7/c1-11-13-6-8-21(4,28-12(2)23)17-14-10-20(3,26)15(24)7-9-22(5,29-19(11)25)18(27-14)16(13)17/h11,13-18,24,26H,6-10H2,1-5H3/t11-,13+,14+,15-,16+,17+,18+,20-,21-,22+/m1/s1. The predicted octanol–water partition coefficient (Wildman–Crippen LogP) is 1.97. The fraction of sp³-hybridized carbons (Fsp3) is 0.909. The summed E-state index contributed by atoms with van der Waals surface area (Å²) in [5.74, 6) is -0.977. The van der Waals surface area contributed by atoms with Gasteiger partial charge in [-0.05, 0) is 52.4 Å². The van der Waals surface area contributed by atoms with E-state index in [1.54, 1.807) is 6.92 Å². The summed E-state index contributed by atoms with van der Waals surface area (Å²) in [4.78, 5) is 24.8. The Morgan fingerprint density at radius 2 is 1.90 bits per heavy atom. The van der Waals surface area contributed by atoms with E-state index >= 15 is 0 Å². The van der Waals surface area contributed by atoms with Gasteiger partial charge in [0.2, 0.25) is 0 Å². The average Bonchev–Trinajstić information content (AvgIpc) is 2.96. The number of fused-ring (bicyclic) bond motifs is 2. The van der Waals surface area contributed by atoms with Crippen LogP contribution >= 0.6 is 0 Å². The number of hydrogen-bond donors (Lipinski definition) is 2. The van der Waals surface area contributed by atoms with Crippen molar-refractivity contribution in [1.29, 1.82) is 0 Å². The molecule has 0 aromatic rings. The first-order valence-electron chi connectivity index (χ1n) is 10.9. The minimum atomic E-state index is -1.34. The fourth-order valence-corrected chi connectivity index (χ4v) is 6.69. The van der Waals surface area contributed by atoms with Crippen molar-refractivity contribution < 1.29 is 34.0 Å². The SMILES string of the molecule is CC(=O)O[C@]1(C)CC[C@@H]2[C@H]3[C@@H]1[C@@H]1C[C@@](C)(O)[C@H](O)CC[C@](C)(OC(=O)[C@@H]2C)[C@H]3O1. The Morgan fingerprint density at radius 3 is 2.55 bits per heavy atom. The molecule has 4 aliphatic rings. The van der Waals surface area contributed by atoms with Crippen molar-refractivity contribution in [1.82, 2.24) is 0 Å².